The Morgan fingerprint density at radius 2 is 2.29 bits per heavy atom. The van der Waals surface area contributed by atoms with Crippen LogP contribution in [0.3, 0.4) is 0 Å². The number of hydrogen-bond acceptors (Lipinski definition) is 2. The molecular weight excluding hydrogens is 218 g/mol. The molecular formula is C13H23NO3. The zero-order valence-electron chi connectivity index (χ0n) is 10.5. The Kier molecular flexibility index (Phi) is 6.01. The number of carbonyl (C=O) groups is 2. The highest BCUT2D eigenvalue weighted by Gasteiger charge is 2.22. The van der Waals surface area contributed by atoms with Gasteiger partial charge in [-0.05, 0) is 31.1 Å². The van der Waals surface area contributed by atoms with Gasteiger partial charge in [0.25, 0.3) is 0 Å². The Bertz CT molecular complexity index is 255. The van der Waals surface area contributed by atoms with Crippen LogP contribution in [0.1, 0.15) is 51.9 Å². The molecule has 0 bridgehead atoms. The van der Waals surface area contributed by atoms with Crippen LogP contribution in [0.2, 0.25) is 0 Å². The Hall–Kier alpha value is -1.06. The van der Waals surface area contributed by atoms with Crippen LogP contribution in [0, 0.1) is 11.8 Å². The first-order valence-electron chi connectivity index (χ1n) is 6.53. The van der Waals surface area contributed by atoms with E-state index in [4.69, 9.17) is 5.11 Å². The average Bonchev–Trinajstić information content (AvgIpc) is 2.26. The van der Waals surface area contributed by atoms with Crippen molar-refractivity contribution in [3.8, 4) is 0 Å². The van der Waals surface area contributed by atoms with Gasteiger partial charge in [0.15, 0.2) is 0 Å². The van der Waals surface area contributed by atoms with Gasteiger partial charge in [-0.3, -0.25) is 9.59 Å². The van der Waals surface area contributed by atoms with E-state index in [2.05, 4.69) is 12.2 Å². The molecule has 3 unspecified atom stereocenters. The van der Waals surface area contributed by atoms with E-state index < -0.39 is 5.97 Å². The van der Waals surface area contributed by atoms with Gasteiger partial charge >= 0.3 is 5.97 Å². The third kappa shape index (κ3) is 5.71. The predicted molar refractivity (Wildman–Crippen MR) is 65.6 cm³/mol. The highest BCUT2D eigenvalue weighted by atomic mass is 16.4. The molecule has 0 saturated heterocycles. The average molecular weight is 241 g/mol. The van der Waals surface area contributed by atoms with Crippen molar-refractivity contribution in [1.82, 2.24) is 5.32 Å². The lowest BCUT2D eigenvalue weighted by Crippen LogP contribution is -2.32. The first-order chi connectivity index (χ1) is 8.11. The second-order valence-corrected chi connectivity index (χ2v) is 5.29. The molecule has 1 saturated carbocycles. The Morgan fingerprint density at radius 1 is 1.53 bits per heavy atom. The maximum absolute atomic E-state index is 10.5. The summed E-state index contributed by atoms with van der Waals surface area (Å²) in [6.45, 7) is 2.27. The minimum atomic E-state index is -0.792. The summed E-state index contributed by atoms with van der Waals surface area (Å²) >= 11 is 0. The molecule has 1 aliphatic rings. The van der Waals surface area contributed by atoms with Gasteiger partial charge in [-0.2, -0.15) is 0 Å². The van der Waals surface area contributed by atoms with Crippen molar-refractivity contribution in [3.05, 3.63) is 0 Å². The lowest BCUT2D eigenvalue weighted by atomic mass is 9.79. The minimum absolute atomic E-state index is 0.0268. The number of carbonyl (C=O) groups excluding carboxylic acids is 1. The summed E-state index contributed by atoms with van der Waals surface area (Å²) in [6.07, 6.45) is 7.29. The van der Waals surface area contributed by atoms with Crippen molar-refractivity contribution in [2.24, 2.45) is 11.8 Å². The summed E-state index contributed by atoms with van der Waals surface area (Å²) in [5.41, 5.74) is 0. The molecule has 0 heterocycles. The van der Waals surface area contributed by atoms with Gasteiger partial charge in [-0.1, -0.05) is 26.2 Å². The normalized spacial score (nSPS) is 26.2. The Balaban J connectivity index is 2.36. The molecule has 4 heteroatoms. The lowest BCUT2D eigenvalue weighted by Gasteiger charge is -2.29. The van der Waals surface area contributed by atoms with Gasteiger partial charge in [0.1, 0.15) is 0 Å². The van der Waals surface area contributed by atoms with Gasteiger partial charge in [0.2, 0.25) is 6.41 Å². The zero-order valence-corrected chi connectivity index (χ0v) is 10.5. The molecule has 2 N–H and O–H groups in total. The van der Waals surface area contributed by atoms with Gasteiger partial charge < -0.3 is 10.4 Å². The molecule has 1 fully saturated rings. The van der Waals surface area contributed by atoms with Crippen molar-refractivity contribution in [2.75, 3.05) is 0 Å². The van der Waals surface area contributed by atoms with Crippen molar-refractivity contribution >= 4 is 12.4 Å². The van der Waals surface area contributed by atoms with E-state index >= 15 is 0 Å². The number of rotatable bonds is 7. The fraction of sp³-hybridized carbons (Fsp3) is 0.846. The summed E-state index contributed by atoms with van der Waals surface area (Å²) in [5, 5.41) is 11.4. The lowest BCUT2D eigenvalue weighted by molar-refractivity contribution is -0.137. The smallest absolute Gasteiger partial charge is 0.303 e. The second kappa shape index (κ2) is 7.30. The van der Waals surface area contributed by atoms with Crippen LogP contribution < -0.4 is 5.32 Å². The number of nitrogens with one attached hydrogen (secondary N) is 1. The number of carboxylic acid groups (broad SMARTS) is 1. The van der Waals surface area contributed by atoms with Crippen LogP contribution in [0.4, 0.5) is 0 Å². The molecule has 1 aliphatic carbocycles. The molecule has 17 heavy (non-hydrogen) atoms. The van der Waals surface area contributed by atoms with E-state index in [-0.39, 0.29) is 12.5 Å². The summed E-state index contributed by atoms with van der Waals surface area (Å²) < 4.78 is 0. The molecule has 0 aromatic rings. The summed E-state index contributed by atoms with van der Waals surface area (Å²) in [4.78, 5) is 21.0. The number of amides is 1. The van der Waals surface area contributed by atoms with Crippen molar-refractivity contribution in [1.29, 1.82) is 0 Å². The summed E-state index contributed by atoms with van der Waals surface area (Å²) in [5.74, 6) is 0.620. The highest BCUT2D eigenvalue weighted by molar-refractivity contribution is 5.66. The molecule has 0 aromatic carbocycles. The largest absolute Gasteiger partial charge is 0.481 e. The fourth-order valence-electron chi connectivity index (χ4n) is 2.84. The van der Waals surface area contributed by atoms with Crippen LogP contribution in [-0.2, 0) is 9.59 Å². The first kappa shape index (κ1) is 14.0. The van der Waals surface area contributed by atoms with Gasteiger partial charge in [0, 0.05) is 12.5 Å². The van der Waals surface area contributed by atoms with E-state index in [9.17, 15) is 9.59 Å². The zero-order chi connectivity index (χ0) is 12.7. The van der Waals surface area contributed by atoms with Gasteiger partial charge in [-0.15, -0.1) is 0 Å². The van der Waals surface area contributed by atoms with E-state index in [1.54, 1.807) is 0 Å². The first-order valence-corrected chi connectivity index (χ1v) is 6.53. The third-order valence-corrected chi connectivity index (χ3v) is 3.67. The predicted octanol–water partition coefficient (Wildman–Crippen LogP) is 2.18. The molecule has 1 rings (SSSR count). The minimum Gasteiger partial charge on any atom is -0.481 e. The fourth-order valence-corrected chi connectivity index (χ4v) is 2.84. The van der Waals surface area contributed by atoms with Crippen LogP contribution in [0.25, 0.3) is 0 Å². The van der Waals surface area contributed by atoms with Crippen LogP contribution in [0.5, 0.6) is 0 Å². The Morgan fingerprint density at radius 3 is 2.88 bits per heavy atom. The molecule has 0 radical (unpaired) electrons. The molecule has 0 aliphatic heterocycles. The monoisotopic (exact) mass is 241 g/mol. The van der Waals surface area contributed by atoms with E-state index in [1.807, 2.05) is 0 Å². The van der Waals surface area contributed by atoms with Crippen molar-refractivity contribution in [3.63, 3.8) is 0 Å². The quantitative estimate of drug-likeness (QED) is 0.671. The molecule has 0 spiro atoms. The Labute approximate surface area is 103 Å². The van der Waals surface area contributed by atoms with Crippen molar-refractivity contribution in [2.45, 2.75) is 57.9 Å². The van der Waals surface area contributed by atoms with E-state index in [0.717, 1.165) is 12.3 Å². The molecule has 1 amide bonds. The number of carboxylic acids is 1. The maximum Gasteiger partial charge on any atom is 0.303 e. The van der Waals surface area contributed by atoms with Crippen molar-refractivity contribution < 1.29 is 14.7 Å². The standard InChI is InChI=1S/C13H23NO3/c1-10-3-2-4-11(7-10)8-12(14-9-15)5-6-13(16)17/h9-12H,2-8H2,1H3,(H,14,15)(H,16,17). The maximum atomic E-state index is 10.5. The molecule has 0 aromatic heterocycles. The number of aliphatic carboxylic acids is 1. The topological polar surface area (TPSA) is 66.4 Å². The molecule has 98 valence electrons. The van der Waals surface area contributed by atoms with Gasteiger partial charge in [0.05, 0.1) is 0 Å². The van der Waals surface area contributed by atoms with Crippen LogP contribution in [-0.4, -0.2) is 23.5 Å². The summed E-state index contributed by atoms with van der Waals surface area (Å²) in [7, 11) is 0. The van der Waals surface area contributed by atoms with E-state index in [1.165, 1.54) is 25.7 Å². The third-order valence-electron chi connectivity index (χ3n) is 3.67. The SMILES string of the molecule is CC1CCCC(CC(CCC(=O)O)NC=O)C1. The van der Waals surface area contributed by atoms with E-state index in [0.29, 0.717) is 18.7 Å². The highest BCUT2D eigenvalue weighted by Crippen LogP contribution is 2.31. The van der Waals surface area contributed by atoms with Gasteiger partial charge in [-0.25, -0.2) is 0 Å². The van der Waals surface area contributed by atoms with Crippen LogP contribution in [0.15, 0.2) is 0 Å². The molecule has 3 atom stereocenters. The van der Waals surface area contributed by atoms with Crippen LogP contribution >= 0.6 is 0 Å². The summed E-state index contributed by atoms with van der Waals surface area (Å²) in [6, 6.07) is 0.0268. The number of hydrogen-bond donors (Lipinski definition) is 2. The molecule has 4 nitrogen and oxygen atoms in total. The second-order valence-electron chi connectivity index (χ2n) is 5.29.